The number of anilines is 6. The van der Waals surface area contributed by atoms with Gasteiger partial charge in [0.2, 0.25) is 0 Å². The van der Waals surface area contributed by atoms with Crippen LogP contribution in [0.15, 0.2) is 72.8 Å². The maximum atomic E-state index is 2.73. The Morgan fingerprint density at radius 1 is 0.397 bits per heavy atom. The lowest BCUT2D eigenvalue weighted by Gasteiger charge is -2.46. The third-order valence-corrected chi connectivity index (χ3v) is 16.8. The summed E-state index contributed by atoms with van der Waals surface area (Å²) in [7, 11) is 0. The second-order valence-electron chi connectivity index (χ2n) is 27.0. The molecule has 0 amide bonds. The van der Waals surface area contributed by atoms with E-state index in [1.54, 1.807) is 0 Å². The van der Waals surface area contributed by atoms with Gasteiger partial charge in [0.25, 0.3) is 6.71 Å². The molecule has 0 saturated carbocycles. The Morgan fingerprint density at radius 3 is 1.37 bits per heavy atom. The van der Waals surface area contributed by atoms with Crippen molar-refractivity contribution in [1.82, 2.24) is 0 Å². The van der Waals surface area contributed by atoms with Crippen LogP contribution in [-0.2, 0) is 43.3 Å². The van der Waals surface area contributed by atoms with E-state index in [2.05, 4.69) is 214 Å². The summed E-state index contributed by atoms with van der Waals surface area (Å²) in [5, 5.41) is 0. The minimum Gasteiger partial charge on any atom is -0.311 e. The topological polar surface area (TPSA) is 6.48 Å². The summed E-state index contributed by atoms with van der Waals surface area (Å²) in [5.74, 6) is 0. The van der Waals surface area contributed by atoms with Gasteiger partial charge in [-0.25, -0.2) is 0 Å². The van der Waals surface area contributed by atoms with Crippen LogP contribution >= 0.6 is 0 Å². The lowest BCUT2D eigenvalue weighted by molar-refractivity contribution is 0.402. The van der Waals surface area contributed by atoms with Crippen molar-refractivity contribution >= 4 is 57.2 Å². The second kappa shape index (κ2) is 12.6. The van der Waals surface area contributed by atoms with E-state index in [9.17, 15) is 0 Å². The minimum absolute atomic E-state index is 0.00793. The summed E-state index contributed by atoms with van der Waals surface area (Å²) in [6, 6.07) is 30.8. The molecule has 0 N–H and O–H groups in total. The molecule has 5 aliphatic rings. The fraction of sp³-hybridized carbons (Fsp3) is 0.500. The molecule has 3 aliphatic carbocycles. The van der Waals surface area contributed by atoms with E-state index in [0.717, 1.165) is 19.3 Å². The third-order valence-electron chi connectivity index (χ3n) is 16.8. The van der Waals surface area contributed by atoms with Crippen molar-refractivity contribution in [3.8, 4) is 0 Å². The van der Waals surface area contributed by atoms with Crippen molar-refractivity contribution in [2.45, 2.75) is 194 Å². The zero-order valence-corrected chi connectivity index (χ0v) is 42.5. The lowest BCUT2D eigenvalue weighted by Crippen LogP contribution is -2.61. The predicted octanol–water partition coefficient (Wildman–Crippen LogP) is 14.5. The van der Waals surface area contributed by atoms with Gasteiger partial charge in [0, 0.05) is 34.1 Å². The van der Waals surface area contributed by atoms with Crippen LogP contribution in [0.2, 0.25) is 0 Å². The quantitative estimate of drug-likeness (QED) is 0.160. The Balaban J connectivity index is 1.36. The Labute approximate surface area is 382 Å². The molecule has 0 spiro atoms. The van der Waals surface area contributed by atoms with E-state index < -0.39 is 0 Å². The van der Waals surface area contributed by atoms with E-state index in [1.807, 2.05) is 0 Å². The van der Waals surface area contributed by atoms with Crippen molar-refractivity contribution in [3.05, 3.63) is 123 Å². The highest BCUT2D eigenvalue weighted by Gasteiger charge is 2.50. The first-order valence-corrected chi connectivity index (χ1v) is 24.3. The van der Waals surface area contributed by atoms with Gasteiger partial charge in [-0.2, -0.15) is 0 Å². The van der Waals surface area contributed by atoms with E-state index in [0.29, 0.717) is 0 Å². The molecule has 0 atom stereocenters. The second-order valence-corrected chi connectivity index (χ2v) is 27.0. The highest BCUT2D eigenvalue weighted by Crippen LogP contribution is 2.57. The Kier molecular flexibility index (Phi) is 8.51. The highest BCUT2D eigenvalue weighted by molar-refractivity contribution is 7.00. The van der Waals surface area contributed by atoms with Crippen molar-refractivity contribution in [1.29, 1.82) is 0 Å². The van der Waals surface area contributed by atoms with Gasteiger partial charge in [-0.3, -0.25) is 0 Å². The first-order valence-electron chi connectivity index (χ1n) is 24.3. The molecule has 10 rings (SSSR count). The van der Waals surface area contributed by atoms with Crippen molar-refractivity contribution in [2.75, 3.05) is 9.80 Å². The summed E-state index contributed by atoms with van der Waals surface area (Å²) in [6.45, 7) is 46.4. The van der Waals surface area contributed by atoms with E-state index >= 15 is 0 Å². The number of rotatable bonds is 2. The van der Waals surface area contributed by atoms with Crippen LogP contribution < -0.4 is 26.2 Å². The van der Waals surface area contributed by atoms with Gasteiger partial charge in [0.1, 0.15) is 0 Å². The number of hydrogen-bond acceptors (Lipinski definition) is 2. The van der Waals surface area contributed by atoms with Crippen LogP contribution in [0.4, 0.5) is 34.1 Å². The van der Waals surface area contributed by atoms with Gasteiger partial charge >= 0.3 is 0 Å². The third kappa shape index (κ3) is 6.09. The molecule has 5 aromatic carbocycles. The van der Waals surface area contributed by atoms with Gasteiger partial charge in [0.15, 0.2) is 0 Å². The van der Waals surface area contributed by atoms with Crippen molar-refractivity contribution in [2.24, 2.45) is 0 Å². The SMILES string of the molecule is Cc1cc2c(cc1N1c3cc(C(C)(C)C)ccc3B3c4cc5c(cc4N(c4ccc6c(c4)C(C)(C)CC6(C)C)c4cc(C(C)(C)C)cc1c43)C(C)(C)CC5(C)C)C(C)(C)CC2(C)C. The molecule has 0 saturated heterocycles. The number of benzene rings is 5. The first-order chi connectivity index (χ1) is 28.8. The van der Waals surface area contributed by atoms with Gasteiger partial charge in [-0.15, -0.1) is 0 Å². The van der Waals surface area contributed by atoms with Crippen LogP contribution in [0.5, 0.6) is 0 Å². The van der Waals surface area contributed by atoms with Crippen LogP contribution in [0, 0.1) is 6.92 Å². The van der Waals surface area contributed by atoms with Gasteiger partial charge in [-0.1, -0.05) is 155 Å². The Bertz CT molecular complexity index is 2810. The molecule has 2 heterocycles. The number of hydrogen-bond donors (Lipinski definition) is 0. The Morgan fingerprint density at radius 2 is 0.825 bits per heavy atom. The first kappa shape index (κ1) is 42.7. The van der Waals surface area contributed by atoms with Gasteiger partial charge < -0.3 is 9.80 Å². The summed E-state index contributed by atoms with van der Waals surface area (Å²) in [5.41, 5.74) is 25.8. The van der Waals surface area contributed by atoms with Crippen LogP contribution in [0.25, 0.3) is 0 Å². The zero-order chi connectivity index (χ0) is 45.7. The fourth-order valence-electron chi connectivity index (χ4n) is 14.4. The standard InChI is InChI=1S/C60H75BN2/c1-35-24-40-43(59(16,17)33-56(40,10)11)30-47(35)63-48-25-36(53(2,3)4)20-23-45(48)61-46-29-42-44(60(18,19)34-58(42,14)15)31-49(46)62(50-26-37(54(5,6)7)27-51(63)52(50)61)38-21-22-39-41(28-38)57(12,13)32-55(39,8)9/h20-31H,32-34H2,1-19H3. The molecule has 63 heavy (non-hydrogen) atoms. The molecular formula is C60H75BN2. The van der Waals surface area contributed by atoms with E-state index in [1.165, 1.54) is 101 Å². The molecule has 328 valence electrons. The maximum absolute atomic E-state index is 2.73. The monoisotopic (exact) mass is 835 g/mol. The van der Waals surface area contributed by atoms with Crippen LogP contribution in [-0.4, -0.2) is 6.71 Å². The summed E-state index contributed by atoms with van der Waals surface area (Å²) < 4.78 is 0. The lowest BCUT2D eigenvalue weighted by atomic mass is 9.33. The van der Waals surface area contributed by atoms with Crippen LogP contribution in [0.1, 0.15) is 194 Å². The minimum atomic E-state index is -0.0843. The molecule has 2 aliphatic heterocycles. The molecule has 0 unspecified atom stereocenters. The van der Waals surface area contributed by atoms with E-state index in [4.69, 9.17) is 0 Å². The molecule has 2 nitrogen and oxygen atoms in total. The molecule has 5 aromatic rings. The largest absolute Gasteiger partial charge is 0.311 e. The van der Waals surface area contributed by atoms with Gasteiger partial charge in [0.05, 0.1) is 0 Å². The molecule has 0 radical (unpaired) electrons. The van der Waals surface area contributed by atoms with Crippen LogP contribution in [0.3, 0.4) is 0 Å². The van der Waals surface area contributed by atoms with Crippen molar-refractivity contribution < 1.29 is 0 Å². The fourth-order valence-corrected chi connectivity index (χ4v) is 14.4. The highest BCUT2D eigenvalue weighted by atomic mass is 15.2. The molecular weight excluding hydrogens is 759 g/mol. The predicted molar refractivity (Wildman–Crippen MR) is 275 cm³/mol. The molecule has 0 bridgehead atoms. The summed E-state index contributed by atoms with van der Waals surface area (Å²) >= 11 is 0. The smallest absolute Gasteiger partial charge is 0.252 e. The average molecular weight is 835 g/mol. The maximum Gasteiger partial charge on any atom is 0.252 e. The number of fused-ring (bicyclic) bond motifs is 7. The van der Waals surface area contributed by atoms with Gasteiger partial charge in [-0.05, 0) is 178 Å². The number of aryl methyl sites for hydroxylation is 1. The molecule has 0 fully saturated rings. The Hall–Kier alpha value is -4.24. The number of nitrogens with zero attached hydrogens (tertiary/aromatic N) is 2. The molecule has 0 aromatic heterocycles. The summed E-state index contributed by atoms with van der Waals surface area (Å²) in [4.78, 5) is 5.45. The molecule has 3 heteroatoms. The van der Waals surface area contributed by atoms with E-state index in [-0.39, 0.29) is 50.0 Å². The summed E-state index contributed by atoms with van der Waals surface area (Å²) in [6.07, 6.45) is 3.44. The zero-order valence-electron chi connectivity index (χ0n) is 42.5. The van der Waals surface area contributed by atoms with Crippen molar-refractivity contribution in [3.63, 3.8) is 0 Å². The normalized spacial score (nSPS) is 21.1. The average Bonchev–Trinajstić information content (AvgIpc) is 3.54.